The molecule has 18 heavy (non-hydrogen) atoms. The number of rotatable bonds is 5. The number of ether oxygens (including phenoxy) is 1. The van der Waals surface area contributed by atoms with Crippen molar-refractivity contribution in [2.45, 2.75) is 51.3 Å². The van der Waals surface area contributed by atoms with Gasteiger partial charge in [0.2, 0.25) is 0 Å². The molecule has 1 aliphatic rings. The van der Waals surface area contributed by atoms with Gasteiger partial charge in [-0.15, -0.1) is 0 Å². The largest absolute Gasteiger partial charge is 0.378 e. The Labute approximate surface area is 109 Å². The maximum Gasteiger partial charge on any atom is 0.123 e. The van der Waals surface area contributed by atoms with E-state index in [-0.39, 0.29) is 5.82 Å². The molecule has 0 amide bonds. The van der Waals surface area contributed by atoms with Crippen LogP contribution in [0, 0.1) is 5.82 Å². The first-order valence-corrected chi connectivity index (χ1v) is 6.87. The van der Waals surface area contributed by atoms with Crippen molar-refractivity contribution >= 4 is 0 Å². The van der Waals surface area contributed by atoms with E-state index in [1.807, 2.05) is 12.1 Å². The number of hydrogen-bond acceptors (Lipinski definition) is 2. The summed E-state index contributed by atoms with van der Waals surface area (Å²) in [6.07, 6.45) is 4.90. The minimum atomic E-state index is -0.173. The molecule has 1 heterocycles. The zero-order chi connectivity index (χ0) is 12.8. The van der Waals surface area contributed by atoms with Gasteiger partial charge in [0.25, 0.3) is 0 Å². The van der Waals surface area contributed by atoms with Crippen molar-refractivity contribution in [3.05, 3.63) is 35.6 Å². The van der Waals surface area contributed by atoms with E-state index < -0.39 is 0 Å². The van der Waals surface area contributed by atoms with Gasteiger partial charge in [-0.25, -0.2) is 4.39 Å². The highest BCUT2D eigenvalue weighted by Crippen LogP contribution is 2.18. The minimum absolute atomic E-state index is 0.173. The van der Waals surface area contributed by atoms with E-state index in [9.17, 15) is 4.39 Å². The molecule has 0 saturated carbocycles. The molecular formula is C15H22FNO. The smallest absolute Gasteiger partial charge is 0.123 e. The van der Waals surface area contributed by atoms with Gasteiger partial charge in [-0.05, 0) is 37.0 Å². The van der Waals surface area contributed by atoms with Crippen LogP contribution in [0.25, 0.3) is 0 Å². The van der Waals surface area contributed by atoms with E-state index in [0.717, 1.165) is 38.0 Å². The Bertz CT molecular complexity index is 350. The Morgan fingerprint density at radius 1 is 1.33 bits per heavy atom. The van der Waals surface area contributed by atoms with Crippen molar-refractivity contribution in [2.24, 2.45) is 0 Å². The zero-order valence-corrected chi connectivity index (χ0v) is 11.0. The Morgan fingerprint density at radius 2 is 2.11 bits per heavy atom. The lowest BCUT2D eigenvalue weighted by Gasteiger charge is -2.30. The maximum absolute atomic E-state index is 12.8. The van der Waals surface area contributed by atoms with Crippen LogP contribution in [-0.2, 0) is 11.3 Å². The summed E-state index contributed by atoms with van der Waals surface area (Å²) in [6, 6.07) is 7.23. The van der Waals surface area contributed by atoms with E-state index in [1.165, 1.54) is 18.6 Å². The van der Waals surface area contributed by atoms with Crippen LogP contribution in [0.2, 0.25) is 0 Å². The van der Waals surface area contributed by atoms with E-state index in [2.05, 4.69) is 12.2 Å². The van der Waals surface area contributed by atoms with Gasteiger partial charge in [0.15, 0.2) is 0 Å². The van der Waals surface area contributed by atoms with Crippen LogP contribution in [0.1, 0.15) is 38.2 Å². The summed E-state index contributed by atoms with van der Waals surface area (Å²) in [4.78, 5) is 0. The minimum Gasteiger partial charge on any atom is -0.378 e. The van der Waals surface area contributed by atoms with Gasteiger partial charge >= 0.3 is 0 Å². The van der Waals surface area contributed by atoms with Crippen molar-refractivity contribution in [3.8, 4) is 0 Å². The van der Waals surface area contributed by atoms with Crippen LogP contribution >= 0.6 is 0 Å². The Kier molecular flexibility index (Phi) is 5.14. The average molecular weight is 251 g/mol. The molecular weight excluding hydrogens is 229 g/mol. The summed E-state index contributed by atoms with van der Waals surface area (Å²) in [7, 11) is 0. The van der Waals surface area contributed by atoms with Crippen LogP contribution in [0.4, 0.5) is 4.39 Å². The normalized spacial score (nSPS) is 24.1. The van der Waals surface area contributed by atoms with Crippen LogP contribution in [-0.4, -0.2) is 18.8 Å². The standard InChI is InChI=1S/C15H22FNO/c1-2-3-15-10-14(8-9-18-15)17-11-12-4-6-13(16)7-5-12/h4-7,14-15,17H,2-3,8-11H2,1H3. The Hall–Kier alpha value is -0.930. The van der Waals surface area contributed by atoms with Crippen LogP contribution in [0.5, 0.6) is 0 Å². The van der Waals surface area contributed by atoms with Gasteiger partial charge in [-0.1, -0.05) is 25.5 Å². The third-order valence-electron chi connectivity index (χ3n) is 3.49. The predicted octanol–water partition coefficient (Wildman–Crippen LogP) is 3.26. The Balaban J connectivity index is 1.77. The van der Waals surface area contributed by atoms with Crippen molar-refractivity contribution in [3.63, 3.8) is 0 Å². The molecule has 1 aliphatic heterocycles. The SMILES string of the molecule is CCCC1CC(NCc2ccc(F)cc2)CCO1. The fourth-order valence-electron chi connectivity index (χ4n) is 2.45. The highest BCUT2D eigenvalue weighted by atomic mass is 19.1. The highest BCUT2D eigenvalue weighted by Gasteiger charge is 2.21. The molecule has 1 aromatic carbocycles. The van der Waals surface area contributed by atoms with Gasteiger partial charge in [0, 0.05) is 19.2 Å². The van der Waals surface area contributed by atoms with Crippen molar-refractivity contribution in [1.82, 2.24) is 5.32 Å². The molecule has 0 aliphatic carbocycles. The van der Waals surface area contributed by atoms with Gasteiger partial charge in [0.05, 0.1) is 6.10 Å². The molecule has 0 bridgehead atoms. The summed E-state index contributed by atoms with van der Waals surface area (Å²) in [5.74, 6) is -0.173. The fraction of sp³-hybridized carbons (Fsp3) is 0.600. The third kappa shape index (κ3) is 4.07. The third-order valence-corrected chi connectivity index (χ3v) is 3.49. The van der Waals surface area contributed by atoms with Crippen molar-refractivity contribution in [2.75, 3.05) is 6.61 Å². The zero-order valence-electron chi connectivity index (χ0n) is 11.0. The van der Waals surface area contributed by atoms with Gasteiger partial charge in [0.1, 0.15) is 5.82 Å². The monoisotopic (exact) mass is 251 g/mol. The molecule has 0 aromatic heterocycles. The fourth-order valence-corrected chi connectivity index (χ4v) is 2.45. The molecule has 1 fully saturated rings. The van der Waals surface area contributed by atoms with E-state index in [0.29, 0.717) is 12.1 Å². The summed E-state index contributed by atoms with van der Waals surface area (Å²) >= 11 is 0. The molecule has 1 N–H and O–H groups in total. The molecule has 1 aromatic rings. The molecule has 0 spiro atoms. The molecule has 3 heteroatoms. The topological polar surface area (TPSA) is 21.3 Å². The average Bonchev–Trinajstić information content (AvgIpc) is 2.39. The van der Waals surface area contributed by atoms with E-state index in [4.69, 9.17) is 4.74 Å². The second kappa shape index (κ2) is 6.86. The van der Waals surface area contributed by atoms with Crippen LogP contribution < -0.4 is 5.32 Å². The number of hydrogen-bond donors (Lipinski definition) is 1. The molecule has 2 unspecified atom stereocenters. The molecule has 0 radical (unpaired) electrons. The summed E-state index contributed by atoms with van der Waals surface area (Å²) in [5, 5.41) is 3.54. The summed E-state index contributed by atoms with van der Waals surface area (Å²) in [5.41, 5.74) is 1.13. The number of benzene rings is 1. The quantitative estimate of drug-likeness (QED) is 0.867. The summed E-state index contributed by atoms with van der Waals surface area (Å²) < 4.78 is 18.5. The lowest BCUT2D eigenvalue weighted by molar-refractivity contribution is -0.00342. The van der Waals surface area contributed by atoms with Crippen molar-refractivity contribution in [1.29, 1.82) is 0 Å². The maximum atomic E-state index is 12.8. The van der Waals surface area contributed by atoms with E-state index in [1.54, 1.807) is 0 Å². The number of nitrogens with one attached hydrogen (secondary N) is 1. The molecule has 2 rings (SSSR count). The van der Waals surface area contributed by atoms with Crippen LogP contribution in [0.3, 0.4) is 0 Å². The molecule has 1 saturated heterocycles. The Morgan fingerprint density at radius 3 is 2.83 bits per heavy atom. The second-order valence-corrected chi connectivity index (χ2v) is 5.01. The second-order valence-electron chi connectivity index (χ2n) is 5.01. The molecule has 100 valence electrons. The van der Waals surface area contributed by atoms with Gasteiger partial charge in [-0.3, -0.25) is 0 Å². The lowest BCUT2D eigenvalue weighted by atomic mass is 10.00. The van der Waals surface area contributed by atoms with E-state index >= 15 is 0 Å². The summed E-state index contributed by atoms with van der Waals surface area (Å²) in [6.45, 7) is 3.86. The van der Waals surface area contributed by atoms with Crippen LogP contribution in [0.15, 0.2) is 24.3 Å². The molecule has 2 atom stereocenters. The van der Waals surface area contributed by atoms with Gasteiger partial charge in [-0.2, -0.15) is 0 Å². The first-order chi connectivity index (χ1) is 8.78. The highest BCUT2D eigenvalue weighted by molar-refractivity contribution is 5.15. The van der Waals surface area contributed by atoms with Crippen molar-refractivity contribution < 1.29 is 9.13 Å². The van der Waals surface area contributed by atoms with Gasteiger partial charge < -0.3 is 10.1 Å². The first kappa shape index (κ1) is 13.5. The first-order valence-electron chi connectivity index (χ1n) is 6.87. The predicted molar refractivity (Wildman–Crippen MR) is 70.9 cm³/mol. The lowest BCUT2D eigenvalue weighted by Crippen LogP contribution is -2.38. The number of halogens is 1. The molecule has 2 nitrogen and oxygen atoms in total.